The molecule has 0 aliphatic heterocycles. The van der Waals surface area contributed by atoms with E-state index < -0.39 is 5.41 Å². The predicted molar refractivity (Wildman–Crippen MR) is 82.0 cm³/mol. The second-order valence-electron chi connectivity index (χ2n) is 4.42. The fourth-order valence-corrected chi connectivity index (χ4v) is 1.86. The number of carbonyl (C=O) groups is 2. The summed E-state index contributed by atoms with van der Waals surface area (Å²) >= 11 is 6.34. The molecule has 0 radical (unpaired) electrons. The van der Waals surface area contributed by atoms with Crippen molar-refractivity contribution in [3.63, 3.8) is 0 Å². The summed E-state index contributed by atoms with van der Waals surface area (Å²) in [5.74, 6) is 0. The number of hydrogen-bond acceptors (Lipinski definition) is 5. The third kappa shape index (κ3) is 5.80. The van der Waals surface area contributed by atoms with Crippen molar-refractivity contribution in [3.05, 3.63) is 32.2 Å². The molecule has 0 heterocycles. The van der Waals surface area contributed by atoms with Crippen LogP contribution in [0.3, 0.4) is 0 Å². The number of aliphatic hydroxyl groups is 3. The smallest absolute Gasteiger partial charge is 0.151 e. The lowest BCUT2D eigenvalue weighted by atomic mass is 9.95. The van der Waals surface area contributed by atoms with E-state index in [-0.39, 0.29) is 19.8 Å². The maximum absolute atomic E-state index is 10.5. The van der Waals surface area contributed by atoms with Gasteiger partial charge in [-0.2, -0.15) is 0 Å². The monoisotopic (exact) mass is 410 g/mol. The van der Waals surface area contributed by atoms with Crippen molar-refractivity contribution in [2.24, 2.45) is 5.41 Å². The first kappa shape index (κ1) is 19.4. The highest BCUT2D eigenvalue weighted by Crippen LogP contribution is 2.24. The predicted octanol–water partition coefficient (Wildman–Crippen LogP) is 1.81. The minimum absolute atomic E-state index is 0.181. The van der Waals surface area contributed by atoms with E-state index in [9.17, 15) is 9.59 Å². The number of hydrogen-bond donors (Lipinski definition) is 3. The van der Waals surface area contributed by atoms with Crippen LogP contribution in [0.4, 0.5) is 0 Å². The van der Waals surface area contributed by atoms with Crippen molar-refractivity contribution in [2.75, 3.05) is 19.8 Å². The molecule has 1 aromatic rings. The highest BCUT2D eigenvalue weighted by Gasteiger charge is 2.20. The Hall–Kier alpha value is -0.600. The molecule has 3 N–H and O–H groups in total. The standard InChI is InChI=1S/C8H4Br2O2.C5H12O3/c9-7-1-5(3-11)8(10)6(2-7)4-12;1-5(2-6,3-7)4-8/h1-4H;6-8H,2-4H2,1H3. The first-order valence-electron chi connectivity index (χ1n) is 5.59. The molecule has 0 atom stereocenters. The van der Waals surface area contributed by atoms with Crippen LogP contribution in [0, 0.1) is 5.41 Å². The lowest BCUT2D eigenvalue weighted by Crippen LogP contribution is -2.29. The van der Waals surface area contributed by atoms with Gasteiger partial charge in [-0.3, -0.25) is 9.59 Å². The highest BCUT2D eigenvalue weighted by atomic mass is 79.9. The van der Waals surface area contributed by atoms with Gasteiger partial charge in [-0.1, -0.05) is 22.9 Å². The van der Waals surface area contributed by atoms with Crippen molar-refractivity contribution < 1.29 is 24.9 Å². The van der Waals surface area contributed by atoms with Crippen molar-refractivity contribution >= 4 is 44.4 Å². The van der Waals surface area contributed by atoms with Gasteiger partial charge in [0.1, 0.15) is 0 Å². The van der Waals surface area contributed by atoms with E-state index in [2.05, 4.69) is 31.9 Å². The Morgan fingerprint density at radius 3 is 1.55 bits per heavy atom. The van der Waals surface area contributed by atoms with Crippen molar-refractivity contribution in [3.8, 4) is 0 Å². The first-order chi connectivity index (χ1) is 9.37. The summed E-state index contributed by atoms with van der Waals surface area (Å²) in [5.41, 5.74) is 0.220. The molecule has 1 aromatic carbocycles. The third-order valence-electron chi connectivity index (χ3n) is 2.49. The molecule has 7 heteroatoms. The molecule has 0 saturated carbocycles. The van der Waals surface area contributed by atoms with Crippen LogP contribution in [0.2, 0.25) is 0 Å². The van der Waals surface area contributed by atoms with Gasteiger partial charge in [-0.25, -0.2) is 0 Å². The van der Waals surface area contributed by atoms with Crippen LogP contribution >= 0.6 is 31.9 Å². The topological polar surface area (TPSA) is 94.8 Å². The molecule has 0 aliphatic rings. The lowest BCUT2D eigenvalue weighted by Gasteiger charge is -2.20. The third-order valence-corrected chi connectivity index (χ3v) is 3.87. The zero-order valence-corrected chi connectivity index (χ0v) is 14.0. The van der Waals surface area contributed by atoms with Gasteiger partial charge in [0.05, 0.1) is 19.8 Å². The number of halogens is 2. The molecule has 20 heavy (non-hydrogen) atoms. The number of benzene rings is 1. The van der Waals surface area contributed by atoms with Crippen LogP contribution in [-0.2, 0) is 0 Å². The van der Waals surface area contributed by atoms with Crippen molar-refractivity contribution in [1.82, 2.24) is 0 Å². The van der Waals surface area contributed by atoms with Gasteiger partial charge in [-0.15, -0.1) is 0 Å². The Morgan fingerprint density at radius 2 is 1.35 bits per heavy atom. The van der Waals surface area contributed by atoms with Gasteiger partial charge in [0.2, 0.25) is 0 Å². The maximum Gasteiger partial charge on any atom is 0.151 e. The summed E-state index contributed by atoms with van der Waals surface area (Å²) in [6, 6.07) is 3.29. The first-order valence-corrected chi connectivity index (χ1v) is 7.18. The van der Waals surface area contributed by atoms with Crippen LogP contribution < -0.4 is 0 Å². The molecular formula is C13H16Br2O5. The quantitative estimate of drug-likeness (QED) is 0.642. The summed E-state index contributed by atoms with van der Waals surface area (Å²) in [4.78, 5) is 21.0. The Kier molecular flexibility index (Phi) is 9.08. The highest BCUT2D eigenvalue weighted by molar-refractivity contribution is 9.11. The fraction of sp³-hybridized carbons (Fsp3) is 0.385. The Labute approximate surface area is 133 Å². The van der Waals surface area contributed by atoms with Crippen LogP contribution in [0.15, 0.2) is 21.1 Å². The molecule has 5 nitrogen and oxygen atoms in total. The number of aliphatic hydroxyl groups excluding tert-OH is 3. The van der Waals surface area contributed by atoms with Crippen LogP contribution in [-0.4, -0.2) is 47.7 Å². The molecular weight excluding hydrogens is 396 g/mol. The van der Waals surface area contributed by atoms with E-state index in [0.717, 1.165) is 4.47 Å². The Balaban J connectivity index is 0.000000396. The zero-order chi connectivity index (χ0) is 15.8. The molecule has 0 bridgehead atoms. The minimum atomic E-state index is -0.708. The largest absolute Gasteiger partial charge is 0.396 e. The summed E-state index contributed by atoms with van der Waals surface area (Å²) in [6.45, 7) is 1.06. The fourth-order valence-electron chi connectivity index (χ4n) is 0.954. The molecule has 0 unspecified atom stereocenters. The average Bonchev–Trinajstić information content (AvgIpc) is 2.48. The molecule has 0 saturated heterocycles. The van der Waals surface area contributed by atoms with Crippen molar-refractivity contribution in [2.45, 2.75) is 6.92 Å². The number of aldehydes is 2. The Morgan fingerprint density at radius 1 is 1.00 bits per heavy atom. The molecule has 0 fully saturated rings. The van der Waals surface area contributed by atoms with E-state index >= 15 is 0 Å². The lowest BCUT2D eigenvalue weighted by molar-refractivity contribution is 0.0200. The Bertz CT molecular complexity index is 421. The van der Waals surface area contributed by atoms with E-state index in [1.165, 1.54) is 0 Å². The van der Waals surface area contributed by atoms with Gasteiger partial charge in [0, 0.05) is 25.5 Å². The molecule has 1 rings (SSSR count). The van der Waals surface area contributed by atoms with Gasteiger partial charge in [0.15, 0.2) is 12.6 Å². The normalized spacial score (nSPS) is 10.5. The van der Waals surface area contributed by atoms with E-state index in [1.54, 1.807) is 19.1 Å². The molecule has 112 valence electrons. The van der Waals surface area contributed by atoms with Gasteiger partial charge < -0.3 is 15.3 Å². The van der Waals surface area contributed by atoms with E-state index in [1.807, 2.05) is 0 Å². The summed E-state index contributed by atoms with van der Waals surface area (Å²) < 4.78 is 1.26. The maximum atomic E-state index is 10.5. The summed E-state index contributed by atoms with van der Waals surface area (Å²) in [7, 11) is 0. The van der Waals surface area contributed by atoms with Gasteiger partial charge >= 0.3 is 0 Å². The summed E-state index contributed by atoms with van der Waals surface area (Å²) in [5, 5.41) is 25.4. The SMILES string of the molecule is CC(CO)(CO)CO.O=Cc1cc(Br)cc(C=O)c1Br. The molecule has 0 aliphatic carbocycles. The minimum Gasteiger partial charge on any atom is -0.396 e. The molecule has 0 amide bonds. The number of carbonyl (C=O) groups excluding carboxylic acids is 2. The van der Waals surface area contributed by atoms with Gasteiger partial charge in [-0.05, 0) is 28.1 Å². The van der Waals surface area contributed by atoms with Crippen LogP contribution in [0.1, 0.15) is 27.6 Å². The second kappa shape index (κ2) is 9.36. The average molecular weight is 412 g/mol. The molecule has 0 aromatic heterocycles. The van der Waals surface area contributed by atoms with Crippen LogP contribution in [0.25, 0.3) is 0 Å². The number of rotatable bonds is 5. The van der Waals surface area contributed by atoms with Crippen molar-refractivity contribution in [1.29, 1.82) is 0 Å². The zero-order valence-electron chi connectivity index (χ0n) is 10.8. The van der Waals surface area contributed by atoms with E-state index in [4.69, 9.17) is 15.3 Å². The molecule has 0 spiro atoms. The van der Waals surface area contributed by atoms with E-state index in [0.29, 0.717) is 28.2 Å². The summed E-state index contributed by atoms with van der Waals surface area (Å²) in [6.07, 6.45) is 1.39. The van der Waals surface area contributed by atoms with Crippen LogP contribution in [0.5, 0.6) is 0 Å². The van der Waals surface area contributed by atoms with Gasteiger partial charge in [0.25, 0.3) is 0 Å². The second-order valence-corrected chi connectivity index (χ2v) is 6.13.